The fraction of sp³-hybridized carbons (Fsp3) is 0.538. The van der Waals surface area contributed by atoms with Gasteiger partial charge in [0, 0.05) is 17.5 Å². The first kappa shape index (κ1) is 12.0. The molecule has 0 aliphatic carbocycles. The van der Waals surface area contributed by atoms with Gasteiger partial charge in [0.1, 0.15) is 0 Å². The van der Waals surface area contributed by atoms with Crippen molar-refractivity contribution in [3.05, 3.63) is 29.8 Å². The van der Waals surface area contributed by atoms with E-state index in [-0.39, 0.29) is 0 Å². The van der Waals surface area contributed by atoms with E-state index in [1.54, 1.807) is 0 Å². The van der Waals surface area contributed by atoms with Crippen LogP contribution < -0.4 is 5.32 Å². The molecular formula is C13H19NOS. The summed E-state index contributed by atoms with van der Waals surface area (Å²) in [6, 6.07) is 9.38. The Morgan fingerprint density at radius 1 is 1.38 bits per heavy atom. The minimum atomic E-state index is 0.485. The smallest absolute Gasteiger partial charge is 0.0623 e. The third kappa shape index (κ3) is 3.51. The van der Waals surface area contributed by atoms with Crippen LogP contribution in [-0.2, 0) is 11.2 Å². The van der Waals surface area contributed by atoms with Crippen LogP contribution in [-0.4, -0.2) is 31.6 Å². The van der Waals surface area contributed by atoms with Gasteiger partial charge in [0.05, 0.1) is 13.2 Å². The number of hydrogen-bond acceptors (Lipinski definition) is 3. The highest BCUT2D eigenvalue weighted by atomic mass is 32.2. The van der Waals surface area contributed by atoms with Gasteiger partial charge in [-0.3, -0.25) is 0 Å². The maximum absolute atomic E-state index is 5.45. The predicted molar refractivity (Wildman–Crippen MR) is 69.2 cm³/mol. The zero-order chi connectivity index (χ0) is 11.2. The summed E-state index contributed by atoms with van der Waals surface area (Å²) in [6.07, 6.45) is 1.07. The van der Waals surface area contributed by atoms with Crippen molar-refractivity contribution in [3.63, 3.8) is 0 Å². The number of nitrogens with one attached hydrogen (secondary N) is 1. The lowest BCUT2D eigenvalue weighted by Crippen LogP contribution is -2.42. The minimum absolute atomic E-state index is 0.485. The van der Waals surface area contributed by atoms with Gasteiger partial charge in [-0.2, -0.15) is 0 Å². The summed E-state index contributed by atoms with van der Waals surface area (Å²) >= 11 is 1.89. The van der Waals surface area contributed by atoms with E-state index in [4.69, 9.17) is 4.74 Å². The van der Waals surface area contributed by atoms with Gasteiger partial charge in [0.25, 0.3) is 0 Å². The van der Waals surface area contributed by atoms with Crippen molar-refractivity contribution in [1.82, 2.24) is 5.32 Å². The lowest BCUT2D eigenvalue weighted by Gasteiger charge is -2.23. The van der Waals surface area contributed by atoms with E-state index in [0.717, 1.165) is 31.9 Å². The fourth-order valence-electron chi connectivity index (χ4n) is 1.92. The summed E-state index contributed by atoms with van der Waals surface area (Å²) in [5, 5.41) is 3.48. The van der Waals surface area contributed by atoms with Gasteiger partial charge in [0.15, 0.2) is 0 Å². The van der Waals surface area contributed by atoms with Crippen molar-refractivity contribution >= 4 is 11.8 Å². The van der Waals surface area contributed by atoms with E-state index in [1.807, 2.05) is 11.8 Å². The summed E-state index contributed by atoms with van der Waals surface area (Å²) in [6.45, 7) is 4.85. The number of ether oxygens (including phenoxy) is 1. The lowest BCUT2D eigenvalue weighted by atomic mass is 10.1. The molecule has 0 amide bonds. The van der Waals surface area contributed by atoms with Crippen molar-refractivity contribution < 1.29 is 4.74 Å². The molecule has 1 atom stereocenters. The molecule has 1 heterocycles. The van der Waals surface area contributed by atoms with Gasteiger partial charge in [-0.25, -0.2) is 0 Å². The molecule has 0 spiro atoms. The van der Waals surface area contributed by atoms with Crippen molar-refractivity contribution in [1.29, 1.82) is 0 Å². The zero-order valence-corrected chi connectivity index (χ0v) is 10.6. The van der Waals surface area contributed by atoms with E-state index >= 15 is 0 Å². The number of rotatable bonds is 4. The van der Waals surface area contributed by atoms with Crippen molar-refractivity contribution in [2.45, 2.75) is 24.3 Å². The molecule has 1 aliphatic heterocycles. The molecule has 1 fully saturated rings. The summed E-state index contributed by atoms with van der Waals surface area (Å²) in [5.41, 5.74) is 1.39. The third-order valence-corrected chi connectivity index (χ3v) is 3.61. The van der Waals surface area contributed by atoms with Gasteiger partial charge in [0.2, 0.25) is 0 Å². The van der Waals surface area contributed by atoms with Gasteiger partial charge >= 0.3 is 0 Å². The van der Waals surface area contributed by atoms with Crippen LogP contribution in [0.2, 0.25) is 0 Å². The van der Waals surface area contributed by atoms with E-state index < -0.39 is 0 Å². The molecule has 88 valence electrons. The maximum Gasteiger partial charge on any atom is 0.0623 e. The number of thioether (sulfide) groups is 1. The first-order valence-electron chi connectivity index (χ1n) is 5.91. The van der Waals surface area contributed by atoms with Crippen LogP contribution in [0.3, 0.4) is 0 Å². The minimum Gasteiger partial charge on any atom is -0.379 e. The molecule has 2 rings (SSSR count). The molecule has 0 aromatic heterocycles. The van der Waals surface area contributed by atoms with Gasteiger partial charge < -0.3 is 10.1 Å². The number of hydrogen-bond donors (Lipinski definition) is 1. The van der Waals surface area contributed by atoms with Crippen molar-refractivity contribution in [3.8, 4) is 0 Å². The second kappa shape index (κ2) is 6.28. The van der Waals surface area contributed by atoms with Gasteiger partial charge in [-0.1, -0.05) is 19.1 Å². The monoisotopic (exact) mass is 237 g/mol. The van der Waals surface area contributed by atoms with Crippen molar-refractivity contribution in [2.75, 3.05) is 25.5 Å². The summed E-state index contributed by atoms with van der Waals surface area (Å²) < 4.78 is 5.45. The molecule has 0 saturated carbocycles. The van der Waals surface area contributed by atoms with Gasteiger partial charge in [-0.15, -0.1) is 11.8 Å². The van der Waals surface area contributed by atoms with Crippen LogP contribution in [0.5, 0.6) is 0 Å². The first-order chi connectivity index (χ1) is 7.88. The molecule has 0 bridgehead atoms. The van der Waals surface area contributed by atoms with Crippen molar-refractivity contribution in [2.24, 2.45) is 0 Å². The summed E-state index contributed by atoms with van der Waals surface area (Å²) in [7, 11) is 0. The molecule has 1 saturated heterocycles. The van der Waals surface area contributed by atoms with Gasteiger partial charge in [-0.05, 0) is 29.9 Å². The highest BCUT2D eigenvalue weighted by molar-refractivity contribution is 7.99. The predicted octanol–water partition coefficient (Wildman–Crippen LogP) is 2.33. The molecular weight excluding hydrogens is 218 g/mol. The highest BCUT2D eigenvalue weighted by Gasteiger charge is 2.12. The second-order valence-electron chi connectivity index (χ2n) is 4.01. The standard InChI is InChI=1S/C13H19NOS/c1-2-16-13-5-3-11(4-6-13)9-12-10-15-8-7-14-12/h3-6,12,14H,2,7-10H2,1H3. The molecule has 1 aromatic rings. The average molecular weight is 237 g/mol. The largest absolute Gasteiger partial charge is 0.379 e. The SMILES string of the molecule is CCSc1ccc(CC2COCCN2)cc1. The Bertz CT molecular complexity index is 306. The van der Waals surface area contributed by atoms with E-state index in [1.165, 1.54) is 10.5 Å². The first-order valence-corrected chi connectivity index (χ1v) is 6.90. The van der Waals surface area contributed by atoms with E-state index in [0.29, 0.717) is 6.04 Å². The molecule has 2 nitrogen and oxygen atoms in total. The van der Waals surface area contributed by atoms with Crippen LogP contribution in [0.25, 0.3) is 0 Å². The summed E-state index contributed by atoms with van der Waals surface area (Å²) in [4.78, 5) is 1.36. The number of benzene rings is 1. The fourth-order valence-corrected chi connectivity index (χ4v) is 2.59. The van der Waals surface area contributed by atoms with Crippen LogP contribution >= 0.6 is 11.8 Å². The molecule has 1 aromatic carbocycles. The van der Waals surface area contributed by atoms with E-state index in [2.05, 4.69) is 36.5 Å². The van der Waals surface area contributed by atoms with Crippen LogP contribution in [0.15, 0.2) is 29.2 Å². The zero-order valence-electron chi connectivity index (χ0n) is 9.74. The lowest BCUT2D eigenvalue weighted by molar-refractivity contribution is 0.0770. The molecule has 1 N–H and O–H groups in total. The Morgan fingerprint density at radius 2 is 2.19 bits per heavy atom. The normalized spacial score (nSPS) is 20.9. The number of morpholine rings is 1. The Labute approximate surface area is 102 Å². The Balaban J connectivity index is 1.88. The maximum atomic E-state index is 5.45. The van der Waals surface area contributed by atoms with Crippen LogP contribution in [0, 0.1) is 0 Å². The Kier molecular flexibility index (Phi) is 4.69. The molecule has 16 heavy (non-hydrogen) atoms. The topological polar surface area (TPSA) is 21.3 Å². The average Bonchev–Trinajstić information content (AvgIpc) is 2.33. The summed E-state index contributed by atoms with van der Waals surface area (Å²) in [5.74, 6) is 1.14. The van der Waals surface area contributed by atoms with Crippen LogP contribution in [0.1, 0.15) is 12.5 Å². The molecule has 1 aliphatic rings. The molecule has 1 unspecified atom stereocenters. The van der Waals surface area contributed by atoms with Crippen LogP contribution in [0.4, 0.5) is 0 Å². The quantitative estimate of drug-likeness (QED) is 0.812. The Morgan fingerprint density at radius 3 is 2.81 bits per heavy atom. The highest BCUT2D eigenvalue weighted by Crippen LogP contribution is 2.18. The molecule has 3 heteroatoms. The van der Waals surface area contributed by atoms with E-state index in [9.17, 15) is 0 Å². The second-order valence-corrected chi connectivity index (χ2v) is 5.34. The molecule has 0 radical (unpaired) electrons. The third-order valence-electron chi connectivity index (χ3n) is 2.71. The Hall–Kier alpha value is -0.510.